The summed E-state index contributed by atoms with van der Waals surface area (Å²) in [5, 5.41) is 6.06. The van der Waals surface area contributed by atoms with E-state index in [0.717, 1.165) is 5.56 Å². The minimum atomic E-state index is -1.32. The smallest absolute Gasteiger partial charge is 0.272 e. The monoisotopic (exact) mass is 650 g/mol. The fraction of sp³-hybridized carbons (Fsp3) is 0.281. The second-order valence-corrected chi connectivity index (χ2v) is 11.4. The minimum Gasteiger partial charge on any atom is -0.379 e. The maximum atomic E-state index is 14.1. The lowest BCUT2D eigenvalue weighted by Crippen LogP contribution is -2.54. The summed E-state index contributed by atoms with van der Waals surface area (Å²) in [6, 6.07) is 20.1. The zero-order valence-electron chi connectivity index (χ0n) is 24.2. The number of nitrogens with one attached hydrogen (secondary N) is 2. The van der Waals surface area contributed by atoms with Gasteiger partial charge in [-0.2, -0.15) is 0 Å². The molecular weight excluding hydrogens is 619 g/mol. The molecule has 4 amide bonds. The van der Waals surface area contributed by atoms with Crippen molar-refractivity contribution in [2.24, 2.45) is 10.7 Å². The Morgan fingerprint density at radius 1 is 0.933 bits per heavy atom. The number of ether oxygens (including phenoxy) is 1. The number of rotatable bonds is 10. The van der Waals surface area contributed by atoms with Gasteiger partial charge in [0.05, 0.1) is 41.2 Å². The molecule has 1 unspecified atom stereocenters. The number of carbonyl (C=O) groups excluding carboxylic acids is 4. The number of amides is 4. The highest BCUT2D eigenvalue weighted by Gasteiger charge is 2.35. The first-order chi connectivity index (χ1) is 21.7. The minimum absolute atomic E-state index is 0.0595. The van der Waals surface area contributed by atoms with Crippen LogP contribution in [0.15, 0.2) is 77.8 Å². The van der Waals surface area contributed by atoms with Crippen LogP contribution in [0.25, 0.3) is 0 Å². The third-order valence-electron chi connectivity index (χ3n) is 7.43. The van der Waals surface area contributed by atoms with Gasteiger partial charge in [0, 0.05) is 30.6 Å². The van der Waals surface area contributed by atoms with E-state index in [2.05, 4.69) is 10.6 Å². The van der Waals surface area contributed by atoms with Crippen LogP contribution in [-0.2, 0) is 30.3 Å². The second kappa shape index (κ2) is 14.7. The number of aliphatic imine (C=N–C) groups is 1. The quantitative estimate of drug-likeness (QED) is 0.307. The van der Waals surface area contributed by atoms with Crippen molar-refractivity contribution in [2.75, 3.05) is 44.3 Å². The summed E-state index contributed by atoms with van der Waals surface area (Å²) in [6.07, 6.45) is -1.26. The number of primary amides is 1. The molecule has 4 N–H and O–H groups in total. The lowest BCUT2D eigenvalue weighted by molar-refractivity contribution is -0.130. The van der Waals surface area contributed by atoms with Crippen molar-refractivity contribution >= 4 is 58.2 Å². The predicted molar refractivity (Wildman–Crippen MR) is 171 cm³/mol. The Morgan fingerprint density at radius 3 is 2.36 bits per heavy atom. The molecule has 0 aromatic heterocycles. The molecule has 1 saturated heterocycles. The van der Waals surface area contributed by atoms with Crippen molar-refractivity contribution < 1.29 is 23.9 Å². The fourth-order valence-electron chi connectivity index (χ4n) is 5.18. The third kappa shape index (κ3) is 8.06. The molecule has 0 aliphatic carbocycles. The van der Waals surface area contributed by atoms with Crippen LogP contribution >= 0.6 is 23.2 Å². The number of nitrogens with zero attached hydrogens (tertiary/aromatic N) is 3. The van der Waals surface area contributed by atoms with Crippen LogP contribution in [-0.4, -0.2) is 85.8 Å². The van der Waals surface area contributed by atoms with Crippen molar-refractivity contribution in [3.05, 3.63) is 99.5 Å². The first-order valence-electron chi connectivity index (χ1n) is 14.4. The first-order valence-corrected chi connectivity index (χ1v) is 15.1. The van der Waals surface area contributed by atoms with Crippen molar-refractivity contribution in [3.63, 3.8) is 0 Å². The van der Waals surface area contributed by atoms with Gasteiger partial charge in [-0.3, -0.25) is 29.0 Å². The summed E-state index contributed by atoms with van der Waals surface area (Å²) >= 11 is 12.1. The van der Waals surface area contributed by atoms with Gasteiger partial charge in [0.15, 0.2) is 0 Å². The Balaban J connectivity index is 1.42. The summed E-state index contributed by atoms with van der Waals surface area (Å²) in [5.74, 6) is -2.40. The van der Waals surface area contributed by atoms with Crippen molar-refractivity contribution in [3.8, 4) is 0 Å². The summed E-state index contributed by atoms with van der Waals surface area (Å²) in [5.41, 5.74) is 8.49. The van der Waals surface area contributed by atoms with Gasteiger partial charge in [-0.25, -0.2) is 4.99 Å². The molecule has 2 aliphatic heterocycles. The molecule has 0 spiro atoms. The Kier molecular flexibility index (Phi) is 10.5. The van der Waals surface area contributed by atoms with Crippen molar-refractivity contribution in [1.29, 1.82) is 0 Å². The number of nitrogens with two attached hydrogens (primary N) is 1. The van der Waals surface area contributed by atoms with E-state index in [4.69, 9.17) is 38.7 Å². The van der Waals surface area contributed by atoms with E-state index in [1.165, 1.54) is 4.90 Å². The number of hydrogen-bond donors (Lipinski definition) is 3. The van der Waals surface area contributed by atoms with Crippen LogP contribution in [0, 0.1) is 0 Å². The average Bonchev–Trinajstić information content (AvgIpc) is 3.14. The van der Waals surface area contributed by atoms with Crippen LogP contribution in [0.5, 0.6) is 0 Å². The molecule has 2 aliphatic rings. The van der Waals surface area contributed by atoms with Gasteiger partial charge in [-0.05, 0) is 23.8 Å². The molecular formula is C32H32Cl2N6O5. The van der Waals surface area contributed by atoms with E-state index in [9.17, 15) is 19.2 Å². The topological polar surface area (TPSA) is 146 Å². The van der Waals surface area contributed by atoms with E-state index < -0.39 is 42.4 Å². The van der Waals surface area contributed by atoms with E-state index in [-0.39, 0.29) is 13.0 Å². The van der Waals surface area contributed by atoms with Crippen LogP contribution < -0.4 is 21.3 Å². The number of fused-ring (bicyclic) bond motifs is 1. The summed E-state index contributed by atoms with van der Waals surface area (Å²) in [6.45, 7) is 1.81. The largest absolute Gasteiger partial charge is 0.379 e. The molecule has 2 heterocycles. The van der Waals surface area contributed by atoms with E-state index in [1.54, 1.807) is 42.5 Å². The Bertz CT molecular complexity index is 1610. The van der Waals surface area contributed by atoms with Gasteiger partial charge in [0.25, 0.3) is 5.91 Å². The number of carbonyl (C=O) groups is 4. The molecule has 3 aromatic carbocycles. The van der Waals surface area contributed by atoms with Gasteiger partial charge in [0.1, 0.15) is 12.6 Å². The first kappa shape index (κ1) is 32.1. The maximum absolute atomic E-state index is 14.1. The number of benzodiazepines with no additional fused rings is 1. The molecule has 0 radical (unpaired) electrons. The standard InChI is InChI=1S/C32H32Cl2N6O5/c33-23-11-10-20(16-24(23)34)17-25(30(35)43)36-28(42)19-40-26-9-5-4-8-22(26)29(21-6-2-1-3-7-21)38-31(32(40)44)37-27(41)18-39-12-14-45-15-13-39/h1-11,16,25,31H,12-15,17-19H2,(H2,35,43)(H,36,42)(H,37,41)/t25-,31?/m0/s1. The zero-order valence-corrected chi connectivity index (χ0v) is 25.8. The van der Waals surface area contributed by atoms with Gasteiger partial charge in [-0.15, -0.1) is 0 Å². The number of benzene rings is 3. The second-order valence-electron chi connectivity index (χ2n) is 10.6. The fourth-order valence-corrected chi connectivity index (χ4v) is 5.50. The van der Waals surface area contributed by atoms with Gasteiger partial charge >= 0.3 is 0 Å². The number of anilines is 1. The van der Waals surface area contributed by atoms with Crippen molar-refractivity contribution in [1.82, 2.24) is 15.5 Å². The Hall–Kier alpha value is -4.29. The van der Waals surface area contributed by atoms with Gasteiger partial charge in [0.2, 0.25) is 23.9 Å². The molecule has 1 fully saturated rings. The van der Waals surface area contributed by atoms with E-state index in [0.29, 0.717) is 58.9 Å². The Labute approximate surface area is 270 Å². The number of hydrogen-bond acceptors (Lipinski definition) is 7. The number of halogens is 2. The van der Waals surface area contributed by atoms with Crippen LogP contribution in [0.2, 0.25) is 10.0 Å². The normalized spacial score (nSPS) is 17.5. The predicted octanol–water partition coefficient (Wildman–Crippen LogP) is 2.16. The summed E-state index contributed by atoms with van der Waals surface area (Å²) in [4.78, 5) is 60.9. The molecule has 11 nitrogen and oxygen atoms in total. The third-order valence-corrected chi connectivity index (χ3v) is 8.17. The van der Waals surface area contributed by atoms with E-state index in [1.807, 2.05) is 35.2 Å². The highest BCUT2D eigenvalue weighted by atomic mass is 35.5. The zero-order chi connectivity index (χ0) is 31.9. The van der Waals surface area contributed by atoms with Gasteiger partial charge in [-0.1, -0.05) is 77.8 Å². The van der Waals surface area contributed by atoms with Crippen LogP contribution in [0.4, 0.5) is 5.69 Å². The average molecular weight is 652 g/mol. The van der Waals surface area contributed by atoms with Gasteiger partial charge < -0.3 is 21.1 Å². The van der Waals surface area contributed by atoms with Crippen LogP contribution in [0.1, 0.15) is 16.7 Å². The lowest BCUT2D eigenvalue weighted by Gasteiger charge is -2.28. The van der Waals surface area contributed by atoms with Crippen molar-refractivity contribution in [2.45, 2.75) is 18.6 Å². The summed E-state index contributed by atoms with van der Waals surface area (Å²) in [7, 11) is 0. The maximum Gasteiger partial charge on any atom is 0.272 e. The lowest BCUT2D eigenvalue weighted by atomic mass is 10.0. The molecule has 234 valence electrons. The highest BCUT2D eigenvalue weighted by Crippen LogP contribution is 2.28. The number of morpholine rings is 1. The summed E-state index contributed by atoms with van der Waals surface area (Å²) < 4.78 is 5.37. The molecule has 0 saturated carbocycles. The molecule has 45 heavy (non-hydrogen) atoms. The molecule has 13 heteroatoms. The molecule has 0 bridgehead atoms. The highest BCUT2D eigenvalue weighted by molar-refractivity contribution is 6.42. The SMILES string of the molecule is NC(=O)[C@H](Cc1ccc(Cl)c(Cl)c1)NC(=O)CN1C(=O)C(NC(=O)CN2CCOCC2)N=C(c2ccccc2)c2ccccc21. The van der Waals surface area contributed by atoms with Crippen LogP contribution in [0.3, 0.4) is 0 Å². The van der Waals surface area contributed by atoms with E-state index >= 15 is 0 Å². The molecule has 5 rings (SSSR count). The molecule has 2 atom stereocenters. The molecule has 3 aromatic rings. The Morgan fingerprint density at radius 2 is 1.64 bits per heavy atom. The number of para-hydroxylation sites is 1.